The third-order valence-electron chi connectivity index (χ3n) is 3.38. The van der Waals surface area contributed by atoms with Gasteiger partial charge in [0.2, 0.25) is 0 Å². The molecule has 0 aliphatic heterocycles. The van der Waals surface area contributed by atoms with Crippen molar-refractivity contribution in [2.45, 2.75) is 25.8 Å². The van der Waals surface area contributed by atoms with E-state index >= 15 is 0 Å². The second-order valence-electron chi connectivity index (χ2n) is 5.14. The molecule has 1 N–H and O–H groups in total. The molecular formula is C18H23NO. The van der Waals surface area contributed by atoms with Crippen LogP contribution >= 0.6 is 0 Å². The van der Waals surface area contributed by atoms with Crippen LogP contribution in [0.2, 0.25) is 0 Å². The van der Waals surface area contributed by atoms with Crippen LogP contribution in [0.1, 0.15) is 18.1 Å². The van der Waals surface area contributed by atoms with Gasteiger partial charge in [-0.3, -0.25) is 0 Å². The van der Waals surface area contributed by atoms with Crippen LogP contribution in [-0.4, -0.2) is 19.8 Å². The number of nitrogens with one attached hydrogen (secondary N) is 1. The molecule has 2 aromatic carbocycles. The summed E-state index contributed by atoms with van der Waals surface area (Å²) < 4.78 is 5.17. The predicted octanol–water partition coefficient (Wildman–Crippen LogP) is 3.92. The fraction of sp³-hybridized carbons (Fsp3) is 0.333. The summed E-state index contributed by atoms with van der Waals surface area (Å²) in [5.74, 6) is 0. The van der Waals surface area contributed by atoms with E-state index in [1.165, 1.54) is 16.8 Å². The summed E-state index contributed by atoms with van der Waals surface area (Å²) in [6, 6.07) is 19.5. The number of methoxy groups -OCH3 is 1. The molecule has 0 radical (unpaired) electrons. The summed E-state index contributed by atoms with van der Waals surface area (Å²) in [5.41, 5.74) is 3.89. The number of benzene rings is 2. The lowest BCUT2D eigenvalue weighted by atomic mass is 10.1. The van der Waals surface area contributed by atoms with E-state index in [1.807, 2.05) is 0 Å². The van der Waals surface area contributed by atoms with Crippen LogP contribution in [0.15, 0.2) is 54.6 Å². The molecule has 0 aromatic heterocycles. The molecule has 0 heterocycles. The summed E-state index contributed by atoms with van der Waals surface area (Å²) in [5, 5.41) is 3.61. The molecule has 0 aliphatic carbocycles. The lowest BCUT2D eigenvalue weighted by molar-refractivity contribution is 0.202. The highest BCUT2D eigenvalue weighted by atomic mass is 16.5. The Balaban J connectivity index is 1.98. The Hall–Kier alpha value is -1.80. The van der Waals surface area contributed by atoms with Crippen LogP contribution in [0.4, 0.5) is 5.69 Å². The fourth-order valence-corrected chi connectivity index (χ4v) is 2.38. The second-order valence-corrected chi connectivity index (χ2v) is 5.14. The number of hydrogen-bond donors (Lipinski definition) is 1. The summed E-state index contributed by atoms with van der Waals surface area (Å²) in [4.78, 5) is 0. The van der Waals surface area contributed by atoms with Crippen LogP contribution in [0.5, 0.6) is 0 Å². The largest absolute Gasteiger partial charge is 0.384 e. The Labute approximate surface area is 121 Å². The quantitative estimate of drug-likeness (QED) is 0.822. The predicted molar refractivity (Wildman–Crippen MR) is 85.3 cm³/mol. The average molecular weight is 269 g/mol. The molecule has 0 bridgehead atoms. The van der Waals surface area contributed by atoms with Gasteiger partial charge in [0.05, 0.1) is 6.61 Å². The first-order valence-corrected chi connectivity index (χ1v) is 7.17. The van der Waals surface area contributed by atoms with E-state index in [1.54, 1.807) is 7.11 Å². The normalized spacial score (nSPS) is 12.1. The molecule has 2 rings (SSSR count). The van der Waals surface area contributed by atoms with E-state index in [4.69, 9.17) is 4.74 Å². The van der Waals surface area contributed by atoms with E-state index in [2.05, 4.69) is 66.8 Å². The SMILES string of the molecule is COCCc1ccccc1NC(C)Cc1ccccc1. The van der Waals surface area contributed by atoms with Crippen molar-refractivity contribution in [2.24, 2.45) is 0 Å². The van der Waals surface area contributed by atoms with Crippen molar-refractivity contribution in [3.8, 4) is 0 Å². The molecule has 2 aromatic rings. The van der Waals surface area contributed by atoms with Crippen molar-refractivity contribution in [3.05, 3.63) is 65.7 Å². The topological polar surface area (TPSA) is 21.3 Å². The maximum Gasteiger partial charge on any atom is 0.0503 e. The van der Waals surface area contributed by atoms with Crippen LogP contribution in [0.3, 0.4) is 0 Å². The minimum absolute atomic E-state index is 0.404. The molecule has 2 heteroatoms. The molecule has 0 fully saturated rings. The molecule has 1 unspecified atom stereocenters. The lowest BCUT2D eigenvalue weighted by Crippen LogP contribution is -2.19. The first kappa shape index (κ1) is 14.6. The first-order valence-electron chi connectivity index (χ1n) is 7.17. The van der Waals surface area contributed by atoms with E-state index < -0.39 is 0 Å². The van der Waals surface area contributed by atoms with Gasteiger partial charge >= 0.3 is 0 Å². The highest BCUT2D eigenvalue weighted by molar-refractivity contribution is 5.52. The summed E-state index contributed by atoms with van der Waals surface area (Å²) >= 11 is 0. The van der Waals surface area contributed by atoms with Crippen molar-refractivity contribution in [1.82, 2.24) is 0 Å². The Morgan fingerprint density at radius 2 is 1.70 bits per heavy atom. The van der Waals surface area contributed by atoms with Gasteiger partial charge in [0.25, 0.3) is 0 Å². The van der Waals surface area contributed by atoms with Gasteiger partial charge in [-0.2, -0.15) is 0 Å². The molecule has 0 amide bonds. The van der Waals surface area contributed by atoms with Gasteiger partial charge in [0.1, 0.15) is 0 Å². The maximum absolute atomic E-state index is 5.17. The van der Waals surface area contributed by atoms with Crippen molar-refractivity contribution in [2.75, 3.05) is 19.0 Å². The monoisotopic (exact) mass is 269 g/mol. The van der Waals surface area contributed by atoms with Gasteiger partial charge in [0.15, 0.2) is 0 Å². The summed E-state index contributed by atoms with van der Waals surface area (Å²) in [7, 11) is 1.74. The zero-order chi connectivity index (χ0) is 14.2. The molecule has 0 saturated heterocycles. The Morgan fingerprint density at radius 1 is 1.00 bits per heavy atom. The number of rotatable bonds is 7. The molecular weight excluding hydrogens is 246 g/mol. The zero-order valence-electron chi connectivity index (χ0n) is 12.3. The van der Waals surface area contributed by atoms with Crippen molar-refractivity contribution >= 4 is 5.69 Å². The van der Waals surface area contributed by atoms with Crippen molar-refractivity contribution in [1.29, 1.82) is 0 Å². The van der Waals surface area contributed by atoms with E-state index in [9.17, 15) is 0 Å². The number of hydrogen-bond acceptors (Lipinski definition) is 2. The van der Waals surface area contributed by atoms with Gasteiger partial charge in [-0.1, -0.05) is 48.5 Å². The van der Waals surface area contributed by atoms with Crippen LogP contribution in [-0.2, 0) is 17.6 Å². The van der Waals surface area contributed by atoms with Gasteiger partial charge in [0, 0.05) is 18.8 Å². The van der Waals surface area contributed by atoms with Crippen LogP contribution < -0.4 is 5.32 Å². The molecule has 1 atom stereocenters. The van der Waals surface area contributed by atoms with Crippen LogP contribution in [0.25, 0.3) is 0 Å². The second kappa shape index (κ2) is 7.71. The van der Waals surface area contributed by atoms with Crippen LogP contribution in [0, 0.1) is 0 Å². The minimum atomic E-state index is 0.404. The zero-order valence-corrected chi connectivity index (χ0v) is 12.3. The molecule has 0 spiro atoms. The van der Waals surface area contributed by atoms with Gasteiger partial charge < -0.3 is 10.1 Å². The average Bonchev–Trinajstić information content (AvgIpc) is 2.47. The molecule has 0 aliphatic rings. The lowest BCUT2D eigenvalue weighted by Gasteiger charge is -2.18. The van der Waals surface area contributed by atoms with Crippen molar-refractivity contribution in [3.63, 3.8) is 0 Å². The molecule has 0 saturated carbocycles. The first-order chi connectivity index (χ1) is 9.79. The Bertz CT molecular complexity index is 510. The summed E-state index contributed by atoms with van der Waals surface area (Å²) in [6.07, 6.45) is 1.97. The molecule has 2 nitrogen and oxygen atoms in total. The highest BCUT2D eigenvalue weighted by Crippen LogP contribution is 2.18. The van der Waals surface area contributed by atoms with E-state index in [0.717, 1.165) is 19.4 Å². The van der Waals surface area contributed by atoms with Gasteiger partial charge in [-0.15, -0.1) is 0 Å². The smallest absolute Gasteiger partial charge is 0.0503 e. The third-order valence-corrected chi connectivity index (χ3v) is 3.38. The van der Waals surface area contributed by atoms with E-state index in [-0.39, 0.29) is 0 Å². The van der Waals surface area contributed by atoms with Gasteiger partial charge in [-0.05, 0) is 37.0 Å². The Morgan fingerprint density at radius 3 is 2.45 bits per heavy atom. The fourth-order valence-electron chi connectivity index (χ4n) is 2.38. The third kappa shape index (κ3) is 4.39. The van der Waals surface area contributed by atoms with E-state index in [0.29, 0.717) is 6.04 Å². The summed E-state index contributed by atoms with van der Waals surface area (Å²) in [6.45, 7) is 2.98. The number of para-hydroxylation sites is 1. The van der Waals surface area contributed by atoms with Crippen molar-refractivity contribution < 1.29 is 4.74 Å². The molecule has 20 heavy (non-hydrogen) atoms. The minimum Gasteiger partial charge on any atom is -0.384 e. The van der Waals surface area contributed by atoms with Gasteiger partial charge in [-0.25, -0.2) is 0 Å². The maximum atomic E-state index is 5.17. The Kier molecular flexibility index (Phi) is 5.63. The number of ether oxygens (including phenoxy) is 1. The highest BCUT2D eigenvalue weighted by Gasteiger charge is 2.06. The number of anilines is 1. The molecule has 106 valence electrons. The standard InChI is InChI=1S/C18H23NO/c1-15(14-16-8-4-3-5-9-16)19-18-11-7-6-10-17(18)12-13-20-2/h3-11,15,19H,12-14H2,1-2H3.